The third-order valence-electron chi connectivity index (χ3n) is 6.71. The van der Waals surface area contributed by atoms with E-state index in [1.54, 1.807) is 13.8 Å². The summed E-state index contributed by atoms with van der Waals surface area (Å²) in [6.07, 6.45) is 6.73. The Morgan fingerprint density at radius 2 is 2.12 bits per heavy atom. The van der Waals surface area contributed by atoms with Crippen molar-refractivity contribution in [3.8, 4) is 5.75 Å². The van der Waals surface area contributed by atoms with Crippen molar-refractivity contribution in [3.63, 3.8) is 0 Å². The maximum atomic E-state index is 15.6. The number of halogens is 1. The van der Waals surface area contributed by atoms with E-state index in [1.165, 1.54) is 31.4 Å². The summed E-state index contributed by atoms with van der Waals surface area (Å²) in [4.78, 5) is 24.5. The lowest BCUT2D eigenvalue weighted by molar-refractivity contribution is -0.150. The van der Waals surface area contributed by atoms with E-state index in [9.17, 15) is 18.9 Å². The van der Waals surface area contributed by atoms with Gasteiger partial charge in [0.25, 0.3) is 5.91 Å². The molecule has 34 heavy (non-hydrogen) atoms. The van der Waals surface area contributed by atoms with Crippen molar-refractivity contribution >= 4 is 34.3 Å². The van der Waals surface area contributed by atoms with Gasteiger partial charge in [-0.15, -0.1) is 0 Å². The minimum Gasteiger partial charge on any atom is -0.506 e. The number of anilines is 1. The number of hydrogen-bond acceptors (Lipinski definition) is 7. The van der Waals surface area contributed by atoms with Crippen LogP contribution in [0.25, 0.3) is 5.57 Å². The Labute approximate surface area is 200 Å². The fraction of sp³-hybridized carbons (Fsp3) is 0.565. The van der Waals surface area contributed by atoms with Gasteiger partial charge in [0.2, 0.25) is 11.2 Å². The lowest BCUT2D eigenvalue weighted by atomic mass is 9.81. The van der Waals surface area contributed by atoms with Crippen LogP contribution in [-0.2, 0) is 25.5 Å². The lowest BCUT2D eigenvalue weighted by Gasteiger charge is -2.27. The molecule has 1 amide bonds. The zero-order valence-electron chi connectivity index (χ0n) is 19.3. The second kappa shape index (κ2) is 10.0. The topological polar surface area (TPSA) is 125 Å². The molecule has 0 radical (unpaired) electrons. The second-order valence-corrected chi connectivity index (χ2v) is 10.8. The molecule has 2 heterocycles. The van der Waals surface area contributed by atoms with E-state index >= 15 is 4.39 Å². The number of nitrogens with two attached hydrogens (primary N) is 1. The number of nitrogens with zero attached hydrogens (tertiary/aromatic N) is 2. The van der Waals surface area contributed by atoms with Crippen LogP contribution < -0.4 is 15.4 Å². The van der Waals surface area contributed by atoms with Crippen LogP contribution in [-0.4, -0.2) is 57.4 Å². The molecule has 3 aliphatic rings. The molecule has 4 rings (SSSR count). The van der Waals surface area contributed by atoms with Crippen LogP contribution in [0.3, 0.4) is 0 Å². The first-order chi connectivity index (χ1) is 16.2. The molecule has 3 atom stereocenters. The molecule has 9 nitrogen and oxygen atoms in total. The van der Waals surface area contributed by atoms with Crippen molar-refractivity contribution in [1.82, 2.24) is 9.62 Å². The average Bonchev–Trinajstić information content (AvgIpc) is 3.33. The van der Waals surface area contributed by atoms with Crippen molar-refractivity contribution in [3.05, 3.63) is 29.6 Å². The predicted molar refractivity (Wildman–Crippen MR) is 126 cm³/mol. The molecule has 11 heteroatoms. The number of phenols is 1. The SMILES string of the molecule is CC(C)C(N)C(=O)OCN1C(=O)CN(c2c(O)ccc(C3=CC(CC4CCC4)NC3)c2F)S1=O. The molecule has 4 N–H and O–H groups in total. The maximum Gasteiger partial charge on any atom is 0.324 e. The Morgan fingerprint density at radius 3 is 2.76 bits per heavy atom. The third kappa shape index (κ3) is 4.82. The summed E-state index contributed by atoms with van der Waals surface area (Å²) < 4.78 is 35.4. The van der Waals surface area contributed by atoms with Gasteiger partial charge >= 0.3 is 5.97 Å². The van der Waals surface area contributed by atoms with Crippen LogP contribution in [0, 0.1) is 17.7 Å². The van der Waals surface area contributed by atoms with Crippen LogP contribution in [0.15, 0.2) is 18.2 Å². The van der Waals surface area contributed by atoms with E-state index in [0.717, 1.165) is 20.6 Å². The van der Waals surface area contributed by atoms with Gasteiger partial charge in [-0.3, -0.25) is 13.9 Å². The van der Waals surface area contributed by atoms with Crippen molar-refractivity contribution in [1.29, 1.82) is 0 Å². The highest BCUT2D eigenvalue weighted by atomic mass is 32.2. The number of carbonyl (C=O) groups excluding carboxylic acids is 2. The summed E-state index contributed by atoms with van der Waals surface area (Å²) in [6.45, 7) is 2.96. The van der Waals surface area contributed by atoms with Gasteiger partial charge in [0, 0.05) is 18.2 Å². The fourth-order valence-corrected chi connectivity index (χ4v) is 5.46. The summed E-state index contributed by atoms with van der Waals surface area (Å²) in [5.74, 6) is -2.02. The zero-order chi connectivity index (χ0) is 24.6. The number of carbonyl (C=O) groups is 2. The van der Waals surface area contributed by atoms with Gasteiger partial charge in [0.1, 0.15) is 24.0 Å². The van der Waals surface area contributed by atoms with Gasteiger partial charge in [-0.2, -0.15) is 0 Å². The summed E-state index contributed by atoms with van der Waals surface area (Å²) in [6, 6.07) is 2.10. The molecule has 0 bridgehead atoms. The summed E-state index contributed by atoms with van der Waals surface area (Å²) in [5, 5.41) is 13.8. The van der Waals surface area contributed by atoms with Gasteiger partial charge in [-0.25, -0.2) is 12.9 Å². The number of amides is 1. The number of nitrogens with one attached hydrogen (secondary N) is 1. The molecule has 2 aliphatic heterocycles. The molecule has 1 aromatic carbocycles. The first kappa shape index (κ1) is 24.6. The van der Waals surface area contributed by atoms with Crippen LogP contribution in [0.4, 0.5) is 10.1 Å². The van der Waals surface area contributed by atoms with E-state index in [-0.39, 0.29) is 23.2 Å². The fourth-order valence-electron chi connectivity index (χ4n) is 4.29. The number of esters is 1. The Bertz CT molecular complexity index is 1030. The molecular formula is C23H31FN4O5S. The van der Waals surface area contributed by atoms with Crippen molar-refractivity contribution < 1.29 is 28.0 Å². The van der Waals surface area contributed by atoms with E-state index in [0.29, 0.717) is 12.5 Å². The van der Waals surface area contributed by atoms with E-state index in [4.69, 9.17) is 10.5 Å². The molecule has 0 spiro atoms. The molecule has 186 valence electrons. The van der Waals surface area contributed by atoms with Crippen molar-refractivity contribution in [2.24, 2.45) is 17.6 Å². The monoisotopic (exact) mass is 494 g/mol. The largest absolute Gasteiger partial charge is 0.506 e. The number of benzene rings is 1. The van der Waals surface area contributed by atoms with Crippen molar-refractivity contribution in [2.75, 3.05) is 24.1 Å². The Hall–Kier alpha value is -2.50. The number of hydrogen-bond donors (Lipinski definition) is 3. The van der Waals surface area contributed by atoms with E-state index < -0.39 is 53.9 Å². The zero-order valence-corrected chi connectivity index (χ0v) is 20.1. The Morgan fingerprint density at radius 1 is 1.38 bits per heavy atom. The number of aromatic hydroxyl groups is 1. The average molecular weight is 495 g/mol. The van der Waals surface area contributed by atoms with Gasteiger partial charge < -0.3 is 20.9 Å². The second-order valence-electron chi connectivity index (χ2n) is 9.41. The van der Waals surface area contributed by atoms with Gasteiger partial charge in [0.05, 0.1) is 0 Å². The molecule has 1 aromatic rings. The van der Waals surface area contributed by atoms with Gasteiger partial charge in [0.15, 0.2) is 12.5 Å². The van der Waals surface area contributed by atoms with Crippen molar-refractivity contribution in [2.45, 2.75) is 51.6 Å². The van der Waals surface area contributed by atoms with E-state index in [2.05, 4.69) is 5.32 Å². The highest BCUT2D eigenvalue weighted by Gasteiger charge is 2.40. The van der Waals surface area contributed by atoms with E-state index in [1.807, 2.05) is 6.08 Å². The predicted octanol–water partition coefficient (Wildman–Crippen LogP) is 1.79. The highest BCUT2D eigenvalue weighted by Crippen LogP contribution is 2.39. The minimum absolute atomic E-state index is 0.168. The molecule has 3 unspecified atom stereocenters. The quantitative estimate of drug-likeness (QED) is 0.471. The number of ether oxygens (including phenoxy) is 1. The molecule has 1 saturated carbocycles. The maximum absolute atomic E-state index is 15.6. The molecule has 0 aromatic heterocycles. The molecule has 1 aliphatic carbocycles. The van der Waals surface area contributed by atoms with Crippen LogP contribution in [0.1, 0.15) is 45.1 Å². The first-order valence-corrected chi connectivity index (χ1v) is 12.6. The summed E-state index contributed by atoms with van der Waals surface area (Å²) >= 11 is -2.19. The number of rotatable bonds is 8. The minimum atomic E-state index is -2.19. The highest BCUT2D eigenvalue weighted by molar-refractivity contribution is 7.85. The standard InChI is InChI=1S/C23H31FN4O5S/c1-13(2)21(25)23(31)33-12-28-19(30)11-27(34(28)32)22-18(29)7-6-17(20(22)24)15-9-16(26-10-15)8-14-4-3-5-14/h6-7,9,13-14,16,21,26,29H,3-5,8,10-12,25H2,1-2H3. The van der Waals surface area contributed by atoms with Gasteiger partial charge in [-0.1, -0.05) is 39.2 Å². The lowest BCUT2D eigenvalue weighted by Crippen LogP contribution is -2.40. The van der Waals surface area contributed by atoms with Crippen LogP contribution in [0.5, 0.6) is 5.75 Å². The van der Waals surface area contributed by atoms with Gasteiger partial charge in [-0.05, 0) is 36.0 Å². The van der Waals surface area contributed by atoms with Crippen LogP contribution >= 0.6 is 0 Å². The normalized spacial score (nSPS) is 23.9. The Balaban J connectivity index is 1.50. The molecule has 1 saturated heterocycles. The molecular weight excluding hydrogens is 463 g/mol. The summed E-state index contributed by atoms with van der Waals surface area (Å²) in [5.41, 5.74) is 6.46. The Kier molecular flexibility index (Phi) is 7.25. The number of phenolic OH excluding ortho intramolecular Hbond substituents is 1. The third-order valence-corrected chi connectivity index (χ3v) is 8.08. The molecule has 2 fully saturated rings. The first-order valence-electron chi connectivity index (χ1n) is 11.6. The smallest absolute Gasteiger partial charge is 0.324 e. The summed E-state index contributed by atoms with van der Waals surface area (Å²) in [7, 11) is 0. The van der Waals surface area contributed by atoms with Crippen LogP contribution in [0.2, 0.25) is 0 Å².